The van der Waals surface area contributed by atoms with Crippen molar-refractivity contribution < 1.29 is 12.8 Å². The van der Waals surface area contributed by atoms with E-state index in [0.717, 1.165) is 61.3 Å². The first kappa shape index (κ1) is 19.8. The van der Waals surface area contributed by atoms with Gasteiger partial charge in [0.2, 0.25) is 10.0 Å². The zero-order valence-electron chi connectivity index (χ0n) is 16.0. The SMILES string of the molecule is CS(=O)(=O)NCC1CCC(Nc2nc3c(s2)CCCc2ccc(F)cc2-3)CC1. The van der Waals surface area contributed by atoms with Crippen LogP contribution in [0.15, 0.2) is 18.2 Å². The van der Waals surface area contributed by atoms with Crippen molar-refractivity contribution in [2.75, 3.05) is 18.1 Å². The Balaban J connectivity index is 1.41. The zero-order chi connectivity index (χ0) is 19.7. The molecule has 0 unspecified atom stereocenters. The summed E-state index contributed by atoms with van der Waals surface area (Å²) in [6, 6.07) is 5.39. The second kappa shape index (κ2) is 8.08. The Morgan fingerprint density at radius 3 is 2.75 bits per heavy atom. The Labute approximate surface area is 169 Å². The van der Waals surface area contributed by atoms with Crippen molar-refractivity contribution in [3.8, 4) is 11.3 Å². The molecule has 1 aromatic carbocycles. The van der Waals surface area contributed by atoms with Gasteiger partial charge in [0.05, 0.1) is 11.9 Å². The molecule has 1 aromatic heterocycles. The summed E-state index contributed by atoms with van der Waals surface area (Å²) in [5.74, 6) is 0.186. The summed E-state index contributed by atoms with van der Waals surface area (Å²) in [6.07, 6.45) is 8.22. The van der Waals surface area contributed by atoms with Crippen LogP contribution in [0.2, 0.25) is 0 Å². The smallest absolute Gasteiger partial charge is 0.208 e. The molecule has 28 heavy (non-hydrogen) atoms. The van der Waals surface area contributed by atoms with Gasteiger partial charge in [-0.25, -0.2) is 22.5 Å². The third-order valence-electron chi connectivity index (χ3n) is 5.68. The Bertz CT molecular complexity index is 950. The Kier molecular flexibility index (Phi) is 5.71. The van der Waals surface area contributed by atoms with Gasteiger partial charge in [-0.15, -0.1) is 11.3 Å². The van der Waals surface area contributed by atoms with Gasteiger partial charge in [-0.05, 0) is 68.6 Å². The van der Waals surface area contributed by atoms with Crippen molar-refractivity contribution >= 4 is 26.5 Å². The molecule has 1 heterocycles. The largest absolute Gasteiger partial charge is 0.359 e. The standard InChI is InChI=1S/C20H26FN3O2S2/c1-28(25,26)22-12-13-5-9-16(10-6-13)23-20-24-19-17-11-15(21)8-7-14(17)3-2-4-18(19)27-20/h7-8,11,13,16,22H,2-6,9-10,12H2,1H3,(H,23,24). The molecule has 0 radical (unpaired) electrons. The van der Waals surface area contributed by atoms with Crippen LogP contribution < -0.4 is 10.0 Å². The second-order valence-electron chi connectivity index (χ2n) is 7.93. The van der Waals surface area contributed by atoms with E-state index in [1.165, 1.54) is 22.8 Å². The quantitative estimate of drug-likeness (QED) is 0.764. The predicted molar refractivity (Wildman–Crippen MR) is 112 cm³/mol. The van der Waals surface area contributed by atoms with Gasteiger partial charge in [0.15, 0.2) is 5.13 Å². The van der Waals surface area contributed by atoms with Crippen LogP contribution in [0.3, 0.4) is 0 Å². The summed E-state index contributed by atoms with van der Waals surface area (Å²) in [4.78, 5) is 6.06. The molecule has 0 saturated heterocycles. The molecule has 1 saturated carbocycles. The van der Waals surface area contributed by atoms with Gasteiger partial charge in [-0.2, -0.15) is 0 Å². The fraction of sp³-hybridized carbons (Fsp3) is 0.550. The van der Waals surface area contributed by atoms with Crippen molar-refractivity contribution in [2.24, 2.45) is 5.92 Å². The lowest BCUT2D eigenvalue weighted by molar-refractivity contribution is 0.337. The van der Waals surface area contributed by atoms with E-state index >= 15 is 0 Å². The van der Waals surface area contributed by atoms with Crippen molar-refractivity contribution in [2.45, 2.75) is 51.0 Å². The van der Waals surface area contributed by atoms with Crippen LogP contribution in [0.25, 0.3) is 11.3 Å². The molecule has 0 bridgehead atoms. The number of halogens is 1. The van der Waals surface area contributed by atoms with Crippen LogP contribution in [-0.2, 0) is 22.9 Å². The minimum atomic E-state index is -3.12. The monoisotopic (exact) mass is 423 g/mol. The Morgan fingerprint density at radius 2 is 2.00 bits per heavy atom. The van der Waals surface area contributed by atoms with Crippen LogP contribution in [0.1, 0.15) is 42.5 Å². The highest BCUT2D eigenvalue weighted by Crippen LogP contribution is 2.38. The highest BCUT2D eigenvalue weighted by Gasteiger charge is 2.24. The number of aromatic nitrogens is 1. The minimum Gasteiger partial charge on any atom is -0.359 e. The first-order valence-electron chi connectivity index (χ1n) is 9.87. The minimum absolute atomic E-state index is 0.213. The number of anilines is 1. The molecule has 4 rings (SSSR count). The van der Waals surface area contributed by atoms with Crippen molar-refractivity contribution in [1.29, 1.82) is 0 Å². The number of nitrogens with zero attached hydrogens (tertiary/aromatic N) is 1. The van der Waals surface area contributed by atoms with Crippen LogP contribution in [0.4, 0.5) is 9.52 Å². The number of thiazole rings is 1. The van der Waals surface area contributed by atoms with Crippen LogP contribution >= 0.6 is 11.3 Å². The second-order valence-corrected chi connectivity index (χ2v) is 10.8. The average Bonchev–Trinajstić information content (AvgIpc) is 2.96. The summed E-state index contributed by atoms with van der Waals surface area (Å²) in [7, 11) is -3.12. The first-order valence-corrected chi connectivity index (χ1v) is 12.6. The number of nitrogens with one attached hydrogen (secondary N) is 2. The number of hydrogen-bond donors (Lipinski definition) is 2. The van der Waals surface area contributed by atoms with Crippen LogP contribution in [-0.4, -0.2) is 32.2 Å². The summed E-state index contributed by atoms with van der Waals surface area (Å²) in [5, 5.41) is 4.49. The molecule has 0 spiro atoms. The molecule has 0 amide bonds. The highest BCUT2D eigenvalue weighted by atomic mass is 32.2. The van der Waals surface area contributed by atoms with E-state index in [4.69, 9.17) is 4.98 Å². The molecule has 0 atom stereocenters. The van der Waals surface area contributed by atoms with Crippen molar-refractivity contribution in [1.82, 2.24) is 9.71 Å². The summed E-state index contributed by atoms with van der Waals surface area (Å²) in [6.45, 7) is 0.527. The summed E-state index contributed by atoms with van der Waals surface area (Å²) < 4.78 is 38.9. The normalized spacial score (nSPS) is 22.2. The van der Waals surface area contributed by atoms with Gasteiger partial charge in [0.1, 0.15) is 5.82 Å². The Hall–Kier alpha value is -1.51. The summed E-state index contributed by atoms with van der Waals surface area (Å²) in [5.41, 5.74) is 3.05. The molecular weight excluding hydrogens is 397 g/mol. The third kappa shape index (κ3) is 4.72. The van der Waals surface area contributed by atoms with Gasteiger partial charge < -0.3 is 5.32 Å². The molecule has 2 aromatic rings. The molecule has 2 aliphatic rings. The third-order valence-corrected chi connectivity index (χ3v) is 7.42. The number of rotatable bonds is 5. The molecule has 2 N–H and O–H groups in total. The maximum absolute atomic E-state index is 13.8. The topological polar surface area (TPSA) is 71.1 Å². The predicted octanol–water partition coefficient (Wildman–Crippen LogP) is 3.96. The molecule has 152 valence electrons. The first-order chi connectivity index (χ1) is 13.4. The molecule has 2 aliphatic carbocycles. The van der Waals surface area contributed by atoms with E-state index in [0.29, 0.717) is 18.5 Å². The number of hydrogen-bond acceptors (Lipinski definition) is 5. The van der Waals surface area contributed by atoms with Gasteiger partial charge in [-0.1, -0.05) is 6.07 Å². The van der Waals surface area contributed by atoms with Gasteiger partial charge >= 0.3 is 0 Å². The van der Waals surface area contributed by atoms with Crippen LogP contribution in [0.5, 0.6) is 0 Å². The fourth-order valence-electron chi connectivity index (χ4n) is 4.17. The maximum Gasteiger partial charge on any atom is 0.208 e. The van der Waals surface area contributed by atoms with E-state index in [-0.39, 0.29) is 5.82 Å². The molecule has 1 fully saturated rings. The van der Waals surface area contributed by atoms with E-state index in [9.17, 15) is 12.8 Å². The summed E-state index contributed by atoms with van der Waals surface area (Å²) >= 11 is 1.69. The molecular formula is C20H26FN3O2S2. The van der Waals surface area contributed by atoms with Gasteiger partial charge in [0.25, 0.3) is 0 Å². The molecule has 8 heteroatoms. The van der Waals surface area contributed by atoms with E-state index in [2.05, 4.69) is 10.0 Å². The van der Waals surface area contributed by atoms with E-state index in [1.807, 2.05) is 6.07 Å². The van der Waals surface area contributed by atoms with Crippen molar-refractivity contribution in [3.63, 3.8) is 0 Å². The number of sulfonamides is 1. The lowest BCUT2D eigenvalue weighted by Gasteiger charge is -2.28. The number of fused-ring (bicyclic) bond motifs is 3. The van der Waals surface area contributed by atoms with Crippen LogP contribution in [0, 0.1) is 11.7 Å². The lowest BCUT2D eigenvalue weighted by atomic mass is 9.86. The van der Waals surface area contributed by atoms with Gasteiger partial charge in [-0.3, -0.25) is 0 Å². The number of benzene rings is 1. The zero-order valence-corrected chi connectivity index (χ0v) is 17.6. The Morgan fingerprint density at radius 1 is 1.21 bits per heavy atom. The molecule has 5 nitrogen and oxygen atoms in total. The molecule has 0 aliphatic heterocycles. The highest BCUT2D eigenvalue weighted by molar-refractivity contribution is 7.88. The van der Waals surface area contributed by atoms with Crippen molar-refractivity contribution in [3.05, 3.63) is 34.5 Å². The average molecular weight is 424 g/mol. The lowest BCUT2D eigenvalue weighted by Crippen LogP contribution is -2.33. The van der Waals surface area contributed by atoms with Gasteiger partial charge in [0, 0.05) is 23.0 Å². The van der Waals surface area contributed by atoms with E-state index in [1.54, 1.807) is 17.4 Å². The fourth-order valence-corrected chi connectivity index (χ4v) is 5.81. The van der Waals surface area contributed by atoms with E-state index < -0.39 is 10.0 Å². The number of aryl methyl sites for hydroxylation is 2. The maximum atomic E-state index is 13.8.